The summed E-state index contributed by atoms with van der Waals surface area (Å²) >= 11 is 0. The second-order valence-corrected chi connectivity index (χ2v) is 5.21. The number of aromatic nitrogens is 3. The summed E-state index contributed by atoms with van der Waals surface area (Å²) in [5, 5.41) is 9.56. The summed E-state index contributed by atoms with van der Waals surface area (Å²) in [4.78, 5) is 26.6. The van der Waals surface area contributed by atoms with Crippen molar-refractivity contribution < 1.29 is 4.79 Å². The summed E-state index contributed by atoms with van der Waals surface area (Å²) in [6.07, 6.45) is 0. The molecule has 0 bridgehead atoms. The number of aryl methyl sites for hydroxylation is 1. The van der Waals surface area contributed by atoms with Gasteiger partial charge in [-0.2, -0.15) is 5.10 Å². The van der Waals surface area contributed by atoms with Gasteiger partial charge >= 0.3 is 0 Å². The number of nitrogens with one attached hydrogen (secondary N) is 3. The number of H-pyrrole nitrogens is 2. The Balaban J connectivity index is 1.69. The fraction of sp³-hybridized carbons (Fsp3) is 0.118. The van der Waals surface area contributed by atoms with Gasteiger partial charge in [0, 0.05) is 23.4 Å². The molecule has 0 spiro atoms. The molecule has 116 valence electrons. The van der Waals surface area contributed by atoms with E-state index in [0.717, 1.165) is 11.3 Å². The van der Waals surface area contributed by atoms with Crippen LogP contribution in [0.25, 0.3) is 11.3 Å². The van der Waals surface area contributed by atoms with Crippen LogP contribution < -0.4 is 10.9 Å². The summed E-state index contributed by atoms with van der Waals surface area (Å²) < 4.78 is 0. The Labute approximate surface area is 132 Å². The van der Waals surface area contributed by atoms with E-state index in [0.29, 0.717) is 17.0 Å². The van der Waals surface area contributed by atoms with Crippen LogP contribution in [0.5, 0.6) is 0 Å². The molecule has 1 aromatic carbocycles. The van der Waals surface area contributed by atoms with Crippen molar-refractivity contribution >= 4 is 5.91 Å². The van der Waals surface area contributed by atoms with Crippen LogP contribution in [-0.2, 0) is 6.54 Å². The van der Waals surface area contributed by atoms with Crippen LogP contribution in [0.15, 0.2) is 53.3 Å². The molecule has 1 amide bonds. The smallest absolute Gasteiger partial charge is 0.269 e. The molecule has 3 aromatic rings. The summed E-state index contributed by atoms with van der Waals surface area (Å²) in [6.45, 7) is 1.97. The van der Waals surface area contributed by atoms with Crippen molar-refractivity contribution in [1.29, 1.82) is 0 Å². The highest BCUT2D eigenvalue weighted by Gasteiger charge is 2.11. The molecule has 0 saturated heterocycles. The monoisotopic (exact) mass is 308 g/mol. The molecule has 23 heavy (non-hydrogen) atoms. The highest BCUT2D eigenvalue weighted by atomic mass is 16.2. The first-order chi connectivity index (χ1) is 11.1. The van der Waals surface area contributed by atoms with Gasteiger partial charge in [0.25, 0.3) is 11.5 Å². The predicted molar refractivity (Wildman–Crippen MR) is 87.0 cm³/mol. The van der Waals surface area contributed by atoms with Crippen molar-refractivity contribution in [2.75, 3.05) is 0 Å². The molecule has 6 nitrogen and oxygen atoms in total. The van der Waals surface area contributed by atoms with Gasteiger partial charge in [-0.3, -0.25) is 14.7 Å². The van der Waals surface area contributed by atoms with E-state index in [-0.39, 0.29) is 18.0 Å². The average Bonchev–Trinajstić information content (AvgIpc) is 3.05. The van der Waals surface area contributed by atoms with Crippen LogP contribution in [-0.4, -0.2) is 21.1 Å². The second kappa shape index (κ2) is 6.31. The SMILES string of the molecule is Cc1ccc(CNC(=O)c2cc(-c3ccccc3)n[nH]2)c(=O)[nH]1. The van der Waals surface area contributed by atoms with Gasteiger partial charge in [-0.05, 0) is 19.1 Å². The number of carbonyl (C=O) groups excluding carboxylic acids is 1. The van der Waals surface area contributed by atoms with Crippen LogP contribution in [0, 0.1) is 6.92 Å². The molecule has 0 fully saturated rings. The molecule has 3 N–H and O–H groups in total. The Morgan fingerprint density at radius 3 is 2.70 bits per heavy atom. The lowest BCUT2D eigenvalue weighted by atomic mass is 10.1. The van der Waals surface area contributed by atoms with Crippen molar-refractivity contribution in [3.63, 3.8) is 0 Å². The van der Waals surface area contributed by atoms with E-state index in [9.17, 15) is 9.59 Å². The highest BCUT2D eigenvalue weighted by molar-refractivity contribution is 5.93. The Kier molecular flexibility index (Phi) is 4.05. The summed E-state index contributed by atoms with van der Waals surface area (Å²) in [5.74, 6) is -0.306. The molecule has 0 aliphatic carbocycles. The number of aromatic amines is 2. The number of nitrogens with zero attached hydrogens (tertiary/aromatic N) is 1. The van der Waals surface area contributed by atoms with E-state index in [2.05, 4.69) is 20.5 Å². The molecule has 0 aliphatic heterocycles. The predicted octanol–water partition coefficient (Wildman–Crippen LogP) is 2.00. The first kappa shape index (κ1) is 14.8. The first-order valence-corrected chi connectivity index (χ1v) is 7.21. The van der Waals surface area contributed by atoms with Crippen LogP contribution in [0.1, 0.15) is 21.7 Å². The normalized spacial score (nSPS) is 10.5. The second-order valence-electron chi connectivity index (χ2n) is 5.21. The highest BCUT2D eigenvalue weighted by Crippen LogP contribution is 2.16. The Hall–Kier alpha value is -3.15. The zero-order valence-corrected chi connectivity index (χ0v) is 12.6. The number of pyridine rings is 1. The Morgan fingerprint density at radius 1 is 1.17 bits per heavy atom. The van der Waals surface area contributed by atoms with Gasteiger partial charge in [-0.15, -0.1) is 0 Å². The summed E-state index contributed by atoms with van der Waals surface area (Å²) in [6, 6.07) is 14.8. The van der Waals surface area contributed by atoms with Crippen molar-refractivity contribution in [2.24, 2.45) is 0 Å². The third-order valence-corrected chi connectivity index (χ3v) is 3.47. The minimum absolute atomic E-state index is 0.161. The van der Waals surface area contributed by atoms with Gasteiger partial charge in [-0.1, -0.05) is 36.4 Å². The standard InChI is InChI=1S/C17H16N4O2/c1-11-7-8-13(16(22)19-11)10-18-17(23)15-9-14(20-21-15)12-5-3-2-4-6-12/h2-9H,10H2,1H3,(H,18,23)(H,19,22)(H,20,21). The van der Waals surface area contributed by atoms with Gasteiger partial charge in [0.2, 0.25) is 0 Å². The van der Waals surface area contributed by atoms with Crippen LogP contribution >= 0.6 is 0 Å². The quantitative estimate of drug-likeness (QED) is 0.688. The van der Waals surface area contributed by atoms with E-state index in [1.165, 1.54) is 0 Å². The topological polar surface area (TPSA) is 90.6 Å². The lowest BCUT2D eigenvalue weighted by molar-refractivity contribution is 0.0946. The van der Waals surface area contributed by atoms with Crippen molar-refractivity contribution in [3.8, 4) is 11.3 Å². The molecule has 0 atom stereocenters. The largest absolute Gasteiger partial charge is 0.346 e. The maximum Gasteiger partial charge on any atom is 0.269 e. The lowest BCUT2D eigenvalue weighted by Gasteiger charge is -2.03. The molecule has 0 unspecified atom stereocenters. The Morgan fingerprint density at radius 2 is 1.96 bits per heavy atom. The molecule has 0 radical (unpaired) electrons. The van der Waals surface area contributed by atoms with E-state index < -0.39 is 0 Å². The third-order valence-electron chi connectivity index (χ3n) is 3.47. The van der Waals surface area contributed by atoms with E-state index >= 15 is 0 Å². The molecule has 2 heterocycles. The van der Waals surface area contributed by atoms with Crippen LogP contribution in [0.2, 0.25) is 0 Å². The zero-order chi connectivity index (χ0) is 16.2. The van der Waals surface area contributed by atoms with Crippen molar-refractivity contribution in [3.05, 3.63) is 75.8 Å². The summed E-state index contributed by atoms with van der Waals surface area (Å²) in [7, 11) is 0. The zero-order valence-electron chi connectivity index (χ0n) is 12.6. The molecule has 6 heteroatoms. The van der Waals surface area contributed by atoms with Gasteiger partial charge in [0.15, 0.2) is 0 Å². The molecule has 0 aliphatic rings. The number of hydrogen-bond donors (Lipinski definition) is 3. The van der Waals surface area contributed by atoms with E-state index in [1.54, 1.807) is 25.1 Å². The van der Waals surface area contributed by atoms with Crippen molar-refractivity contribution in [1.82, 2.24) is 20.5 Å². The molecular formula is C17H16N4O2. The first-order valence-electron chi connectivity index (χ1n) is 7.21. The van der Waals surface area contributed by atoms with E-state index in [4.69, 9.17) is 0 Å². The molecular weight excluding hydrogens is 292 g/mol. The van der Waals surface area contributed by atoms with Gasteiger partial charge in [0.05, 0.1) is 5.69 Å². The minimum Gasteiger partial charge on any atom is -0.346 e. The fourth-order valence-corrected chi connectivity index (χ4v) is 2.21. The molecule has 0 saturated carbocycles. The van der Waals surface area contributed by atoms with Crippen LogP contribution in [0.3, 0.4) is 0 Å². The fourth-order valence-electron chi connectivity index (χ4n) is 2.21. The molecule has 3 rings (SSSR count). The maximum atomic E-state index is 12.1. The lowest BCUT2D eigenvalue weighted by Crippen LogP contribution is -2.27. The Bertz CT molecular complexity index is 881. The van der Waals surface area contributed by atoms with E-state index in [1.807, 2.05) is 30.3 Å². The number of amides is 1. The third kappa shape index (κ3) is 3.37. The van der Waals surface area contributed by atoms with Crippen LogP contribution in [0.4, 0.5) is 0 Å². The average molecular weight is 308 g/mol. The van der Waals surface area contributed by atoms with Gasteiger partial charge in [0.1, 0.15) is 5.69 Å². The number of benzene rings is 1. The van der Waals surface area contributed by atoms with Gasteiger partial charge < -0.3 is 10.3 Å². The summed E-state index contributed by atoms with van der Waals surface area (Å²) in [5.41, 5.74) is 3.08. The van der Waals surface area contributed by atoms with Gasteiger partial charge in [-0.25, -0.2) is 0 Å². The number of rotatable bonds is 4. The minimum atomic E-state index is -0.306. The number of hydrogen-bond acceptors (Lipinski definition) is 3. The maximum absolute atomic E-state index is 12.1. The van der Waals surface area contributed by atoms with Crippen molar-refractivity contribution in [2.45, 2.75) is 13.5 Å². The molecule has 2 aromatic heterocycles. The number of carbonyl (C=O) groups is 1.